The first-order valence-electron chi connectivity index (χ1n) is 11.4. The van der Waals surface area contributed by atoms with Crippen LogP contribution in [0.5, 0.6) is 5.75 Å². The molecule has 2 aromatic carbocycles. The van der Waals surface area contributed by atoms with Crippen LogP contribution in [0.2, 0.25) is 5.02 Å². The van der Waals surface area contributed by atoms with E-state index in [0.29, 0.717) is 36.8 Å². The maximum atomic E-state index is 12.8. The Morgan fingerprint density at radius 2 is 1.91 bits per heavy atom. The number of carbonyl (C=O) groups excluding carboxylic acids is 2. The van der Waals surface area contributed by atoms with Gasteiger partial charge < -0.3 is 19.3 Å². The van der Waals surface area contributed by atoms with Crippen LogP contribution in [-0.4, -0.2) is 53.7 Å². The lowest BCUT2D eigenvalue weighted by molar-refractivity contribution is -0.121. The summed E-state index contributed by atoms with van der Waals surface area (Å²) in [5.74, 6) is 1.10. The van der Waals surface area contributed by atoms with Crippen molar-refractivity contribution in [2.24, 2.45) is 5.92 Å². The molecule has 1 aliphatic rings. The van der Waals surface area contributed by atoms with Gasteiger partial charge in [0.25, 0.3) is 0 Å². The number of amides is 1. The van der Waals surface area contributed by atoms with Crippen molar-refractivity contribution < 1.29 is 23.6 Å². The Morgan fingerprint density at radius 3 is 2.60 bits per heavy atom. The summed E-state index contributed by atoms with van der Waals surface area (Å²) in [6.45, 7) is 3.95. The molecule has 9 nitrogen and oxygen atoms in total. The summed E-state index contributed by atoms with van der Waals surface area (Å²) >= 11 is 6.10. The second-order valence-corrected chi connectivity index (χ2v) is 8.60. The summed E-state index contributed by atoms with van der Waals surface area (Å²) in [6.07, 6.45) is 1.40. The number of esters is 1. The number of methoxy groups -OCH3 is 1. The van der Waals surface area contributed by atoms with E-state index in [2.05, 4.69) is 20.4 Å². The van der Waals surface area contributed by atoms with Gasteiger partial charge in [-0.15, -0.1) is 0 Å². The number of hydrogen-bond acceptors (Lipinski definition) is 8. The average Bonchev–Trinajstić information content (AvgIpc) is 3.34. The number of rotatable bonds is 8. The summed E-state index contributed by atoms with van der Waals surface area (Å²) < 4.78 is 15.6. The molecule has 35 heavy (non-hydrogen) atoms. The molecule has 2 heterocycles. The molecule has 0 saturated carbocycles. The number of likely N-dealkylation sites (tertiary alicyclic amines) is 1. The Bertz CT molecular complexity index is 1170. The summed E-state index contributed by atoms with van der Waals surface area (Å²) in [7, 11) is 1.62. The molecule has 0 spiro atoms. The largest absolute Gasteiger partial charge is 0.497 e. The van der Waals surface area contributed by atoms with Gasteiger partial charge in [-0.3, -0.25) is 9.69 Å². The molecule has 1 N–H and O–H groups in total. The van der Waals surface area contributed by atoms with E-state index in [4.69, 9.17) is 25.6 Å². The maximum Gasteiger partial charge on any atom is 0.339 e. The second kappa shape index (κ2) is 11.3. The number of halogens is 1. The summed E-state index contributed by atoms with van der Waals surface area (Å²) in [5, 5.41) is 7.25. The molecule has 3 aromatic rings. The number of piperidine rings is 1. The number of ether oxygens (including phenoxy) is 2. The third-order valence-corrected chi connectivity index (χ3v) is 6.19. The Kier molecular flexibility index (Phi) is 7.99. The van der Waals surface area contributed by atoms with Gasteiger partial charge in [0.1, 0.15) is 5.75 Å². The standard InChI is InChI=1S/C25H27ClN4O5/c1-3-34-25(32)20-14-18(6-9-21(20)26)27-24(31)17-10-12-30(13-11-17)15-22-28-23(29-35-22)16-4-7-19(33-2)8-5-16/h4-9,14,17H,3,10-13,15H2,1-2H3,(H,27,31). The molecule has 1 aliphatic heterocycles. The minimum atomic E-state index is -0.516. The van der Waals surface area contributed by atoms with Gasteiger partial charge in [0.05, 0.1) is 30.8 Å². The van der Waals surface area contributed by atoms with Crippen molar-refractivity contribution in [3.05, 3.63) is 58.9 Å². The molecule has 0 radical (unpaired) electrons. The van der Waals surface area contributed by atoms with Crippen LogP contribution in [0.3, 0.4) is 0 Å². The predicted octanol–water partition coefficient (Wildman–Crippen LogP) is 4.43. The number of anilines is 1. The topological polar surface area (TPSA) is 107 Å². The average molecular weight is 499 g/mol. The van der Waals surface area contributed by atoms with Crippen LogP contribution in [0.1, 0.15) is 36.0 Å². The molecule has 184 valence electrons. The Morgan fingerprint density at radius 1 is 1.17 bits per heavy atom. The highest BCUT2D eigenvalue weighted by Crippen LogP contribution is 2.25. The van der Waals surface area contributed by atoms with Crippen molar-refractivity contribution in [3.8, 4) is 17.1 Å². The van der Waals surface area contributed by atoms with Crippen molar-refractivity contribution in [2.45, 2.75) is 26.3 Å². The lowest BCUT2D eigenvalue weighted by Gasteiger charge is -2.30. The zero-order chi connectivity index (χ0) is 24.8. The third-order valence-electron chi connectivity index (χ3n) is 5.86. The highest BCUT2D eigenvalue weighted by Gasteiger charge is 2.26. The first-order chi connectivity index (χ1) is 17.0. The van der Waals surface area contributed by atoms with Crippen molar-refractivity contribution in [1.29, 1.82) is 0 Å². The zero-order valence-corrected chi connectivity index (χ0v) is 20.4. The van der Waals surface area contributed by atoms with Crippen LogP contribution < -0.4 is 10.1 Å². The van der Waals surface area contributed by atoms with Crippen LogP contribution in [0.15, 0.2) is 47.0 Å². The Balaban J connectivity index is 1.29. The van der Waals surface area contributed by atoms with E-state index in [0.717, 1.165) is 24.4 Å². The molecule has 0 unspecified atom stereocenters. The quantitative estimate of drug-likeness (QED) is 0.455. The minimum absolute atomic E-state index is 0.0821. The molecule has 1 aromatic heterocycles. The minimum Gasteiger partial charge on any atom is -0.497 e. The summed E-state index contributed by atoms with van der Waals surface area (Å²) in [6, 6.07) is 12.3. The van der Waals surface area contributed by atoms with Crippen LogP contribution in [0.4, 0.5) is 5.69 Å². The van der Waals surface area contributed by atoms with Gasteiger partial charge in [-0.2, -0.15) is 4.98 Å². The second-order valence-electron chi connectivity index (χ2n) is 8.19. The number of hydrogen-bond donors (Lipinski definition) is 1. The van der Waals surface area contributed by atoms with Crippen LogP contribution >= 0.6 is 11.6 Å². The predicted molar refractivity (Wildman–Crippen MR) is 130 cm³/mol. The lowest BCUT2D eigenvalue weighted by Crippen LogP contribution is -2.37. The van der Waals surface area contributed by atoms with Crippen molar-refractivity contribution in [1.82, 2.24) is 15.0 Å². The Hall–Kier alpha value is -3.43. The molecule has 0 aliphatic carbocycles. The first kappa shape index (κ1) is 24.7. The zero-order valence-electron chi connectivity index (χ0n) is 19.6. The van der Waals surface area contributed by atoms with Gasteiger partial charge in [-0.05, 0) is 75.3 Å². The SMILES string of the molecule is CCOC(=O)c1cc(NC(=O)C2CCN(Cc3nc(-c4ccc(OC)cc4)no3)CC2)ccc1Cl. The number of nitrogens with zero attached hydrogens (tertiary/aromatic N) is 3. The maximum absolute atomic E-state index is 12.8. The van der Waals surface area contributed by atoms with Gasteiger partial charge in [0.2, 0.25) is 17.6 Å². The van der Waals surface area contributed by atoms with E-state index in [1.807, 2.05) is 24.3 Å². The molecule has 10 heteroatoms. The first-order valence-corrected chi connectivity index (χ1v) is 11.8. The normalized spacial score (nSPS) is 14.5. The smallest absolute Gasteiger partial charge is 0.339 e. The molecule has 4 rings (SSSR count). The fraction of sp³-hybridized carbons (Fsp3) is 0.360. The van der Waals surface area contributed by atoms with Gasteiger partial charge in [-0.25, -0.2) is 4.79 Å². The monoisotopic (exact) mass is 498 g/mol. The molecule has 1 amide bonds. The van der Waals surface area contributed by atoms with Gasteiger partial charge >= 0.3 is 5.97 Å². The molecular formula is C25H27ClN4O5. The van der Waals surface area contributed by atoms with Crippen molar-refractivity contribution >= 4 is 29.2 Å². The number of aromatic nitrogens is 2. The Labute approximate surface area is 208 Å². The third kappa shape index (κ3) is 6.17. The summed E-state index contributed by atoms with van der Waals surface area (Å²) in [4.78, 5) is 31.5. The van der Waals surface area contributed by atoms with E-state index >= 15 is 0 Å². The van der Waals surface area contributed by atoms with E-state index in [-0.39, 0.29) is 29.0 Å². The van der Waals surface area contributed by atoms with Crippen molar-refractivity contribution in [3.63, 3.8) is 0 Å². The highest BCUT2D eigenvalue weighted by atomic mass is 35.5. The number of carbonyl (C=O) groups is 2. The number of nitrogens with one attached hydrogen (secondary N) is 1. The van der Waals surface area contributed by atoms with Crippen LogP contribution in [0, 0.1) is 5.92 Å². The van der Waals surface area contributed by atoms with Gasteiger partial charge in [-0.1, -0.05) is 16.8 Å². The number of benzene rings is 2. The summed E-state index contributed by atoms with van der Waals surface area (Å²) in [5.41, 5.74) is 1.60. The highest BCUT2D eigenvalue weighted by molar-refractivity contribution is 6.33. The molecule has 0 bridgehead atoms. The molecule has 0 atom stereocenters. The lowest BCUT2D eigenvalue weighted by atomic mass is 9.95. The molecule has 1 saturated heterocycles. The fourth-order valence-corrected chi connectivity index (χ4v) is 4.13. The van der Waals surface area contributed by atoms with Gasteiger partial charge in [0, 0.05) is 17.2 Å². The van der Waals surface area contributed by atoms with E-state index < -0.39 is 5.97 Å². The molecular weight excluding hydrogens is 472 g/mol. The van der Waals surface area contributed by atoms with Crippen LogP contribution in [-0.2, 0) is 16.1 Å². The fourth-order valence-electron chi connectivity index (χ4n) is 3.93. The van der Waals surface area contributed by atoms with Gasteiger partial charge in [0.15, 0.2) is 0 Å². The van der Waals surface area contributed by atoms with E-state index in [9.17, 15) is 9.59 Å². The van der Waals surface area contributed by atoms with E-state index in [1.165, 1.54) is 0 Å². The van der Waals surface area contributed by atoms with Crippen molar-refractivity contribution in [2.75, 3.05) is 32.1 Å². The van der Waals surface area contributed by atoms with Crippen LogP contribution in [0.25, 0.3) is 11.4 Å². The molecule has 1 fully saturated rings. The van der Waals surface area contributed by atoms with E-state index in [1.54, 1.807) is 32.2 Å².